The Morgan fingerprint density at radius 3 is 2.32 bits per heavy atom. The van der Waals surface area contributed by atoms with Crippen LogP contribution in [0.15, 0.2) is 59.5 Å². The number of nitrogens with zero attached hydrogens (tertiary/aromatic N) is 2. The minimum absolute atomic E-state index is 0.141. The van der Waals surface area contributed by atoms with E-state index in [0.717, 1.165) is 9.36 Å². The van der Waals surface area contributed by atoms with Crippen molar-refractivity contribution in [3.8, 4) is 6.07 Å². The van der Waals surface area contributed by atoms with E-state index < -0.39 is 10.0 Å². The van der Waals surface area contributed by atoms with Crippen LogP contribution < -0.4 is 0 Å². The van der Waals surface area contributed by atoms with Crippen molar-refractivity contribution in [2.75, 3.05) is 0 Å². The van der Waals surface area contributed by atoms with E-state index in [0.29, 0.717) is 16.4 Å². The van der Waals surface area contributed by atoms with Crippen LogP contribution >= 0.6 is 15.9 Å². The van der Waals surface area contributed by atoms with Crippen LogP contribution in [-0.2, 0) is 15.4 Å². The third-order valence-corrected chi connectivity index (χ3v) is 5.75. The molecule has 0 aliphatic rings. The van der Waals surface area contributed by atoms with Crippen LogP contribution in [0.2, 0.25) is 0 Å². The highest BCUT2D eigenvalue weighted by Crippen LogP contribution is 2.31. The van der Waals surface area contributed by atoms with E-state index in [1.54, 1.807) is 30.3 Å². The van der Waals surface area contributed by atoms with Crippen molar-refractivity contribution in [2.24, 2.45) is 0 Å². The number of aromatic nitrogens is 1. The van der Waals surface area contributed by atoms with Crippen LogP contribution in [0.5, 0.6) is 0 Å². The van der Waals surface area contributed by atoms with Crippen molar-refractivity contribution >= 4 is 36.9 Å². The lowest BCUT2D eigenvalue weighted by molar-refractivity contribution is 0.588. The lowest BCUT2D eigenvalue weighted by Gasteiger charge is -2.08. The zero-order valence-corrected chi connectivity index (χ0v) is 13.8. The lowest BCUT2D eigenvalue weighted by Crippen LogP contribution is -2.14. The maximum atomic E-state index is 13.0. The molecule has 0 fully saturated rings. The molecule has 4 nitrogen and oxygen atoms in total. The van der Waals surface area contributed by atoms with E-state index >= 15 is 0 Å². The first-order chi connectivity index (χ1) is 10.6. The first-order valence-corrected chi connectivity index (χ1v) is 9.06. The monoisotopic (exact) mass is 374 g/mol. The Morgan fingerprint density at radius 1 is 1.05 bits per heavy atom. The van der Waals surface area contributed by atoms with E-state index in [-0.39, 0.29) is 10.6 Å². The number of nitriles is 1. The molecule has 110 valence electrons. The number of alkyl halides is 1. The van der Waals surface area contributed by atoms with Gasteiger partial charge in [-0.25, -0.2) is 12.4 Å². The average molecular weight is 375 g/mol. The standard InChI is InChI=1S/C16H11BrN2O2S/c17-10-14-13-8-4-5-9-15(13)19(16(14)11-18)22(20,21)12-6-2-1-3-7-12/h1-9H,10H2. The van der Waals surface area contributed by atoms with Crippen LogP contribution in [0, 0.1) is 11.3 Å². The molecule has 0 saturated carbocycles. The summed E-state index contributed by atoms with van der Waals surface area (Å²) < 4.78 is 27.0. The summed E-state index contributed by atoms with van der Waals surface area (Å²) in [6.45, 7) is 0. The van der Waals surface area contributed by atoms with Crippen molar-refractivity contribution in [1.29, 1.82) is 5.26 Å². The SMILES string of the molecule is N#Cc1c(CBr)c2ccccc2n1S(=O)(=O)c1ccccc1. The average Bonchev–Trinajstić information content (AvgIpc) is 2.89. The summed E-state index contributed by atoms with van der Waals surface area (Å²) in [4.78, 5) is 0.161. The quantitative estimate of drug-likeness (QED) is 0.657. The predicted molar refractivity (Wildman–Crippen MR) is 88.3 cm³/mol. The molecule has 3 rings (SSSR count). The number of benzene rings is 2. The third-order valence-electron chi connectivity index (χ3n) is 3.46. The maximum absolute atomic E-state index is 13.0. The highest BCUT2D eigenvalue weighted by atomic mass is 79.9. The van der Waals surface area contributed by atoms with Gasteiger partial charge in [-0.1, -0.05) is 52.3 Å². The molecule has 0 N–H and O–H groups in total. The second kappa shape index (κ2) is 5.59. The first-order valence-electron chi connectivity index (χ1n) is 6.50. The Bertz CT molecular complexity index is 986. The molecule has 0 bridgehead atoms. The summed E-state index contributed by atoms with van der Waals surface area (Å²) in [5, 5.41) is 10.7. The van der Waals surface area contributed by atoms with E-state index in [1.807, 2.05) is 18.2 Å². The molecular formula is C16H11BrN2O2S. The van der Waals surface area contributed by atoms with Gasteiger partial charge in [0.15, 0.2) is 0 Å². The summed E-state index contributed by atoms with van der Waals surface area (Å²) in [6, 6.07) is 17.3. The van der Waals surface area contributed by atoms with Gasteiger partial charge >= 0.3 is 0 Å². The highest BCUT2D eigenvalue weighted by molar-refractivity contribution is 9.08. The van der Waals surface area contributed by atoms with Gasteiger partial charge < -0.3 is 0 Å². The third kappa shape index (κ3) is 2.14. The maximum Gasteiger partial charge on any atom is 0.269 e. The largest absolute Gasteiger partial charge is 0.269 e. The fraction of sp³-hybridized carbons (Fsp3) is 0.0625. The van der Waals surface area contributed by atoms with E-state index in [4.69, 9.17) is 0 Å². The topological polar surface area (TPSA) is 62.9 Å². The summed E-state index contributed by atoms with van der Waals surface area (Å²) >= 11 is 3.35. The zero-order chi connectivity index (χ0) is 15.7. The Morgan fingerprint density at radius 2 is 1.68 bits per heavy atom. The first kappa shape index (κ1) is 14.8. The number of halogens is 1. The van der Waals surface area contributed by atoms with Crippen LogP contribution in [0.1, 0.15) is 11.3 Å². The fourth-order valence-corrected chi connectivity index (χ4v) is 4.56. The number of fused-ring (bicyclic) bond motifs is 1. The van der Waals surface area contributed by atoms with E-state index in [9.17, 15) is 13.7 Å². The van der Waals surface area contributed by atoms with Crippen molar-refractivity contribution in [3.05, 3.63) is 65.9 Å². The molecule has 0 radical (unpaired) electrons. The van der Waals surface area contributed by atoms with Crippen molar-refractivity contribution in [1.82, 2.24) is 3.97 Å². The second-order valence-electron chi connectivity index (χ2n) is 4.67. The Labute approximate surface area is 136 Å². The molecule has 0 aliphatic heterocycles. The Hall–Kier alpha value is -2.10. The fourth-order valence-electron chi connectivity index (χ4n) is 2.47. The van der Waals surface area contributed by atoms with Gasteiger partial charge in [-0.05, 0) is 18.2 Å². The molecule has 1 aromatic heterocycles. The summed E-state index contributed by atoms with van der Waals surface area (Å²) in [7, 11) is -3.82. The lowest BCUT2D eigenvalue weighted by atomic mass is 10.1. The zero-order valence-electron chi connectivity index (χ0n) is 11.4. The van der Waals surface area contributed by atoms with Gasteiger partial charge in [0.25, 0.3) is 10.0 Å². The molecule has 3 aromatic rings. The van der Waals surface area contributed by atoms with Crippen LogP contribution in [0.3, 0.4) is 0 Å². The summed E-state index contributed by atoms with van der Waals surface area (Å²) in [5.74, 6) is 0. The predicted octanol–water partition coefficient (Wildman–Crippen LogP) is 3.64. The Balaban J connectivity index is 2.44. The van der Waals surface area contributed by atoms with Crippen molar-refractivity contribution < 1.29 is 8.42 Å². The summed E-state index contributed by atoms with van der Waals surface area (Å²) in [5.41, 5.74) is 1.33. The molecule has 0 saturated heterocycles. The minimum Gasteiger partial charge on any atom is -0.223 e. The van der Waals surface area contributed by atoms with E-state index in [2.05, 4.69) is 15.9 Å². The highest BCUT2D eigenvalue weighted by Gasteiger charge is 2.26. The smallest absolute Gasteiger partial charge is 0.223 e. The molecule has 1 heterocycles. The van der Waals surface area contributed by atoms with Crippen molar-refractivity contribution in [3.63, 3.8) is 0 Å². The summed E-state index contributed by atoms with van der Waals surface area (Å²) in [6.07, 6.45) is 0. The molecule has 22 heavy (non-hydrogen) atoms. The molecule has 0 atom stereocenters. The molecule has 2 aromatic carbocycles. The van der Waals surface area contributed by atoms with Gasteiger partial charge in [0.05, 0.1) is 10.4 Å². The molecule has 0 aliphatic carbocycles. The van der Waals surface area contributed by atoms with Gasteiger partial charge in [0.1, 0.15) is 11.8 Å². The molecular weight excluding hydrogens is 364 g/mol. The normalized spacial score (nSPS) is 11.5. The minimum atomic E-state index is -3.82. The number of hydrogen-bond donors (Lipinski definition) is 0. The van der Waals surface area contributed by atoms with Crippen LogP contribution in [0.4, 0.5) is 0 Å². The van der Waals surface area contributed by atoms with Crippen LogP contribution in [-0.4, -0.2) is 12.4 Å². The number of rotatable bonds is 3. The van der Waals surface area contributed by atoms with E-state index in [1.165, 1.54) is 12.1 Å². The molecule has 0 amide bonds. The Kier molecular flexibility index (Phi) is 3.77. The molecule has 6 heteroatoms. The van der Waals surface area contributed by atoms with Crippen LogP contribution in [0.25, 0.3) is 10.9 Å². The van der Waals surface area contributed by atoms with Gasteiger partial charge in [-0.2, -0.15) is 5.26 Å². The van der Waals surface area contributed by atoms with Gasteiger partial charge in [-0.3, -0.25) is 0 Å². The van der Waals surface area contributed by atoms with Crippen molar-refractivity contribution in [2.45, 2.75) is 10.2 Å². The second-order valence-corrected chi connectivity index (χ2v) is 7.02. The van der Waals surface area contributed by atoms with Gasteiger partial charge in [-0.15, -0.1) is 0 Å². The van der Waals surface area contributed by atoms with Gasteiger partial charge in [0, 0.05) is 16.3 Å². The van der Waals surface area contributed by atoms with Gasteiger partial charge in [0.2, 0.25) is 0 Å². The molecule has 0 unspecified atom stereocenters. The number of para-hydroxylation sites is 1. The molecule has 0 spiro atoms. The number of hydrogen-bond acceptors (Lipinski definition) is 3.